The van der Waals surface area contributed by atoms with Gasteiger partial charge in [0.25, 0.3) is 0 Å². The molecular formula is C9H17NO. The van der Waals surface area contributed by atoms with Crippen LogP contribution < -0.4 is 0 Å². The van der Waals surface area contributed by atoms with Crippen molar-refractivity contribution in [3.05, 3.63) is 0 Å². The lowest BCUT2D eigenvalue weighted by Crippen LogP contribution is -2.50. The molecule has 1 saturated heterocycles. The van der Waals surface area contributed by atoms with Crippen LogP contribution in [0.5, 0.6) is 0 Å². The van der Waals surface area contributed by atoms with Crippen molar-refractivity contribution in [2.24, 2.45) is 11.3 Å². The molecular weight excluding hydrogens is 138 g/mol. The van der Waals surface area contributed by atoms with E-state index in [2.05, 4.69) is 11.8 Å². The Morgan fingerprint density at radius 1 is 1.45 bits per heavy atom. The third kappa shape index (κ3) is 1.57. The molecule has 64 valence electrons. The van der Waals surface area contributed by atoms with E-state index >= 15 is 0 Å². The van der Waals surface area contributed by atoms with Crippen molar-refractivity contribution in [1.82, 2.24) is 4.90 Å². The fraction of sp³-hybridized carbons (Fsp3) is 1.00. The molecule has 0 atom stereocenters. The van der Waals surface area contributed by atoms with Gasteiger partial charge in [-0.2, -0.15) is 0 Å². The molecule has 1 saturated carbocycles. The first-order valence-electron chi connectivity index (χ1n) is 4.55. The predicted molar refractivity (Wildman–Crippen MR) is 44.4 cm³/mol. The lowest BCUT2D eigenvalue weighted by Gasteiger charge is -2.39. The van der Waals surface area contributed by atoms with Crippen LogP contribution >= 0.6 is 0 Å². The molecule has 11 heavy (non-hydrogen) atoms. The van der Waals surface area contributed by atoms with E-state index in [4.69, 9.17) is 5.11 Å². The Morgan fingerprint density at radius 2 is 2.09 bits per heavy atom. The largest absolute Gasteiger partial charge is 0.396 e. The Morgan fingerprint density at radius 3 is 2.55 bits per heavy atom. The first-order valence-corrected chi connectivity index (χ1v) is 4.55. The van der Waals surface area contributed by atoms with Crippen molar-refractivity contribution < 1.29 is 5.11 Å². The van der Waals surface area contributed by atoms with Crippen molar-refractivity contribution in [1.29, 1.82) is 0 Å². The van der Waals surface area contributed by atoms with Gasteiger partial charge in [0.1, 0.15) is 0 Å². The van der Waals surface area contributed by atoms with Gasteiger partial charge in [0.15, 0.2) is 0 Å². The van der Waals surface area contributed by atoms with Crippen LogP contribution in [0.15, 0.2) is 0 Å². The molecule has 0 bridgehead atoms. The molecule has 0 radical (unpaired) electrons. The van der Waals surface area contributed by atoms with Gasteiger partial charge in [-0.1, -0.05) is 6.92 Å². The Bertz CT molecular complexity index is 148. The standard InChI is InChI=1S/C9H17NO/c1-9(2-3-9)7-10-4-8(5-10)6-11/h8,11H,2-7H2,1H3. The van der Waals surface area contributed by atoms with Crippen molar-refractivity contribution in [3.8, 4) is 0 Å². The van der Waals surface area contributed by atoms with Gasteiger partial charge in [0.2, 0.25) is 0 Å². The second-order valence-corrected chi connectivity index (χ2v) is 4.55. The van der Waals surface area contributed by atoms with Gasteiger partial charge in [0, 0.05) is 32.2 Å². The van der Waals surface area contributed by atoms with Crippen molar-refractivity contribution in [3.63, 3.8) is 0 Å². The topological polar surface area (TPSA) is 23.5 Å². The second kappa shape index (κ2) is 2.46. The van der Waals surface area contributed by atoms with Crippen molar-refractivity contribution in [2.75, 3.05) is 26.2 Å². The summed E-state index contributed by atoms with van der Waals surface area (Å²) in [5.41, 5.74) is 0.653. The average molecular weight is 155 g/mol. The van der Waals surface area contributed by atoms with Crippen molar-refractivity contribution in [2.45, 2.75) is 19.8 Å². The van der Waals surface area contributed by atoms with Gasteiger partial charge in [-0.3, -0.25) is 0 Å². The average Bonchev–Trinajstić information content (AvgIpc) is 2.59. The zero-order valence-corrected chi connectivity index (χ0v) is 7.21. The highest BCUT2D eigenvalue weighted by atomic mass is 16.3. The van der Waals surface area contributed by atoms with Gasteiger partial charge in [-0.15, -0.1) is 0 Å². The van der Waals surface area contributed by atoms with Crippen LogP contribution in [0.2, 0.25) is 0 Å². The fourth-order valence-electron chi connectivity index (χ4n) is 1.83. The summed E-state index contributed by atoms with van der Waals surface area (Å²) < 4.78 is 0. The van der Waals surface area contributed by atoms with Crippen molar-refractivity contribution >= 4 is 0 Å². The molecule has 0 aromatic carbocycles. The van der Waals surface area contributed by atoms with E-state index in [1.54, 1.807) is 0 Å². The van der Waals surface area contributed by atoms with Crippen LogP contribution in [0.4, 0.5) is 0 Å². The summed E-state index contributed by atoms with van der Waals surface area (Å²) in [6.07, 6.45) is 2.82. The minimum absolute atomic E-state index is 0.382. The Kier molecular flexibility index (Phi) is 1.69. The Labute approximate surface area is 68.2 Å². The SMILES string of the molecule is CC1(CN2CC(CO)C2)CC1. The molecule has 2 aliphatic rings. The smallest absolute Gasteiger partial charge is 0.0483 e. The van der Waals surface area contributed by atoms with Crippen LogP contribution in [0.1, 0.15) is 19.8 Å². The van der Waals surface area contributed by atoms with Crippen LogP contribution in [0.25, 0.3) is 0 Å². The van der Waals surface area contributed by atoms with E-state index in [0.717, 1.165) is 13.1 Å². The maximum absolute atomic E-state index is 8.79. The van der Waals surface area contributed by atoms with Gasteiger partial charge < -0.3 is 10.0 Å². The summed E-state index contributed by atoms with van der Waals surface area (Å²) in [5.74, 6) is 0.581. The maximum atomic E-state index is 8.79. The summed E-state index contributed by atoms with van der Waals surface area (Å²) in [5, 5.41) is 8.79. The van der Waals surface area contributed by atoms with E-state index in [9.17, 15) is 0 Å². The van der Waals surface area contributed by atoms with Gasteiger partial charge in [0.05, 0.1) is 0 Å². The molecule has 0 aromatic rings. The molecule has 0 aromatic heterocycles. The van der Waals surface area contributed by atoms with Crippen LogP contribution in [0, 0.1) is 11.3 Å². The van der Waals surface area contributed by atoms with E-state index in [-0.39, 0.29) is 0 Å². The van der Waals surface area contributed by atoms with Crippen LogP contribution in [-0.2, 0) is 0 Å². The third-order valence-electron chi connectivity index (χ3n) is 3.00. The molecule has 1 N–H and O–H groups in total. The Hall–Kier alpha value is -0.0800. The number of rotatable bonds is 3. The second-order valence-electron chi connectivity index (χ2n) is 4.55. The predicted octanol–water partition coefficient (Wildman–Crippen LogP) is 0.711. The highest BCUT2D eigenvalue weighted by Gasteiger charge is 2.41. The normalized spacial score (nSPS) is 30.0. The summed E-state index contributed by atoms with van der Waals surface area (Å²) >= 11 is 0. The third-order valence-corrected chi connectivity index (χ3v) is 3.00. The minimum Gasteiger partial charge on any atom is -0.396 e. The summed E-state index contributed by atoms with van der Waals surface area (Å²) in [6.45, 7) is 6.27. The molecule has 1 aliphatic carbocycles. The number of hydrogen-bond donors (Lipinski definition) is 1. The quantitative estimate of drug-likeness (QED) is 0.649. The van der Waals surface area contributed by atoms with Gasteiger partial charge in [-0.25, -0.2) is 0 Å². The van der Waals surface area contributed by atoms with Crippen LogP contribution in [-0.4, -0.2) is 36.2 Å². The van der Waals surface area contributed by atoms with Crippen LogP contribution in [0.3, 0.4) is 0 Å². The lowest BCUT2D eigenvalue weighted by molar-refractivity contribution is 0.0402. The molecule has 2 rings (SSSR count). The van der Waals surface area contributed by atoms with E-state index in [0.29, 0.717) is 17.9 Å². The molecule has 2 fully saturated rings. The summed E-state index contributed by atoms with van der Waals surface area (Å²) in [4.78, 5) is 2.47. The molecule has 0 amide bonds. The monoisotopic (exact) mass is 155 g/mol. The lowest BCUT2D eigenvalue weighted by atomic mass is 9.98. The molecule has 0 unspecified atom stereocenters. The highest BCUT2D eigenvalue weighted by molar-refractivity contribution is 4.94. The highest BCUT2D eigenvalue weighted by Crippen LogP contribution is 2.46. The zero-order valence-electron chi connectivity index (χ0n) is 7.21. The summed E-state index contributed by atoms with van der Waals surface area (Å²) in [7, 11) is 0. The van der Waals surface area contributed by atoms with E-state index in [1.165, 1.54) is 19.4 Å². The summed E-state index contributed by atoms with van der Waals surface area (Å²) in [6, 6.07) is 0. The zero-order chi connectivity index (χ0) is 7.90. The molecule has 2 heteroatoms. The molecule has 0 spiro atoms. The first-order chi connectivity index (χ1) is 5.22. The number of aliphatic hydroxyl groups is 1. The maximum Gasteiger partial charge on any atom is 0.0483 e. The number of aliphatic hydroxyl groups excluding tert-OH is 1. The van der Waals surface area contributed by atoms with Gasteiger partial charge >= 0.3 is 0 Å². The molecule has 2 nitrogen and oxygen atoms in total. The molecule has 1 heterocycles. The van der Waals surface area contributed by atoms with Gasteiger partial charge in [-0.05, 0) is 18.3 Å². The minimum atomic E-state index is 0.382. The first kappa shape index (κ1) is 7.56. The number of likely N-dealkylation sites (tertiary alicyclic amines) is 1. The number of hydrogen-bond acceptors (Lipinski definition) is 2. The van der Waals surface area contributed by atoms with E-state index in [1.807, 2.05) is 0 Å². The molecule has 1 aliphatic heterocycles. The van der Waals surface area contributed by atoms with E-state index < -0.39 is 0 Å². The number of nitrogens with zero attached hydrogens (tertiary/aromatic N) is 1. The fourth-order valence-corrected chi connectivity index (χ4v) is 1.83. The Balaban J connectivity index is 1.67.